The number of hydrogen-bond donors (Lipinski definition) is 1. The van der Waals surface area contributed by atoms with Gasteiger partial charge in [0.2, 0.25) is 0 Å². The molecule has 0 spiro atoms. The van der Waals surface area contributed by atoms with Crippen LogP contribution in [-0.2, 0) is 0 Å². The molecule has 1 N–H and O–H groups in total. The standard InChI is InChI=1S/C17H26N2.2ClH/c1-3-7-15(8-4-1)17(16-9-5-2-6-10-16)19-13-11-18-12-14-19;;/h1,3-4,7-8,16-18H,2,5-6,9-14H2;2*1H/t17-;;/m1../s1. The van der Waals surface area contributed by atoms with E-state index in [9.17, 15) is 0 Å². The van der Waals surface area contributed by atoms with Gasteiger partial charge in [-0.05, 0) is 24.3 Å². The molecule has 3 rings (SSSR count). The summed E-state index contributed by atoms with van der Waals surface area (Å²) >= 11 is 0. The maximum atomic E-state index is 3.48. The van der Waals surface area contributed by atoms with Crippen molar-refractivity contribution in [1.29, 1.82) is 0 Å². The van der Waals surface area contributed by atoms with Gasteiger partial charge in [0, 0.05) is 32.2 Å². The van der Waals surface area contributed by atoms with Crippen LogP contribution in [0, 0.1) is 5.92 Å². The number of nitrogens with one attached hydrogen (secondary N) is 1. The summed E-state index contributed by atoms with van der Waals surface area (Å²) in [4.78, 5) is 2.72. The molecular formula is C17H28Cl2N2. The van der Waals surface area contributed by atoms with E-state index >= 15 is 0 Å². The average molecular weight is 331 g/mol. The Morgan fingerprint density at radius 1 is 0.905 bits per heavy atom. The van der Waals surface area contributed by atoms with Crippen molar-refractivity contribution in [3.8, 4) is 0 Å². The fourth-order valence-electron chi connectivity index (χ4n) is 3.84. The zero-order valence-electron chi connectivity index (χ0n) is 12.7. The van der Waals surface area contributed by atoms with Gasteiger partial charge in [0.25, 0.3) is 0 Å². The van der Waals surface area contributed by atoms with Crippen molar-refractivity contribution in [2.45, 2.75) is 38.1 Å². The van der Waals surface area contributed by atoms with Crippen LogP contribution in [0.15, 0.2) is 30.3 Å². The lowest BCUT2D eigenvalue weighted by Gasteiger charge is -2.41. The molecule has 1 aliphatic carbocycles. The van der Waals surface area contributed by atoms with Gasteiger partial charge in [-0.2, -0.15) is 0 Å². The molecule has 120 valence electrons. The first-order valence-electron chi connectivity index (χ1n) is 7.95. The molecule has 2 nitrogen and oxygen atoms in total. The van der Waals surface area contributed by atoms with Gasteiger partial charge < -0.3 is 5.32 Å². The quantitative estimate of drug-likeness (QED) is 0.899. The molecule has 0 radical (unpaired) electrons. The summed E-state index contributed by atoms with van der Waals surface area (Å²) in [6.45, 7) is 4.71. The molecule has 1 atom stereocenters. The predicted molar refractivity (Wildman–Crippen MR) is 94.7 cm³/mol. The average Bonchev–Trinajstić information content (AvgIpc) is 2.51. The predicted octanol–water partition coefficient (Wildman–Crippen LogP) is 4.06. The third kappa shape index (κ3) is 4.85. The normalized spacial score (nSPS) is 21.9. The van der Waals surface area contributed by atoms with Crippen molar-refractivity contribution >= 4 is 24.8 Å². The van der Waals surface area contributed by atoms with Crippen molar-refractivity contribution in [2.24, 2.45) is 5.92 Å². The van der Waals surface area contributed by atoms with Gasteiger partial charge in [-0.1, -0.05) is 49.6 Å². The summed E-state index contributed by atoms with van der Waals surface area (Å²) in [6.07, 6.45) is 7.15. The summed E-state index contributed by atoms with van der Waals surface area (Å²) in [7, 11) is 0. The van der Waals surface area contributed by atoms with E-state index in [0.717, 1.165) is 19.0 Å². The first-order valence-corrected chi connectivity index (χ1v) is 7.95. The molecule has 2 aliphatic rings. The van der Waals surface area contributed by atoms with E-state index in [-0.39, 0.29) is 24.8 Å². The van der Waals surface area contributed by atoms with Gasteiger partial charge in [-0.15, -0.1) is 24.8 Å². The molecule has 1 aromatic carbocycles. The Labute approximate surface area is 141 Å². The Morgan fingerprint density at radius 3 is 2.14 bits per heavy atom. The summed E-state index contributed by atoms with van der Waals surface area (Å²) in [6, 6.07) is 11.9. The topological polar surface area (TPSA) is 15.3 Å². The molecule has 4 heteroatoms. The summed E-state index contributed by atoms with van der Waals surface area (Å²) in [5.74, 6) is 0.870. The van der Waals surface area contributed by atoms with Crippen LogP contribution in [-0.4, -0.2) is 31.1 Å². The van der Waals surface area contributed by atoms with E-state index in [1.54, 1.807) is 0 Å². The lowest BCUT2D eigenvalue weighted by atomic mass is 9.80. The molecule has 0 unspecified atom stereocenters. The Bertz CT molecular complexity index is 356. The Balaban J connectivity index is 0.00000110. The van der Waals surface area contributed by atoms with E-state index in [0.29, 0.717) is 6.04 Å². The van der Waals surface area contributed by atoms with Crippen LogP contribution in [0.3, 0.4) is 0 Å². The number of halogens is 2. The van der Waals surface area contributed by atoms with Crippen LogP contribution < -0.4 is 5.32 Å². The Kier molecular flexibility index (Phi) is 8.65. The summed E-state index contributed by atoms with van der Waals surface area (Å²) in [5, 5.41) is 3.48. The van der Waals surface area contributed by atoms with E-state index < -0.39 is 0 Å². The fraction of sp³-hybridized carbons (Fsp3) is 0.647. The lowest BCUT2D eigenvalue weighted by molar-refractivity contribution is 0.103. The van der Waals surface area contributed by atoms with E-state index in [1.165, 1.54) is 50.8 Å². The van der Waals surface area contributed by atoms with Crippen molar-refractivity contribution in [3.63, 3.8) is 0 Å². The van der Waals surface area contributed by atoms with Crippen LogP contribution in [0.25, 0.3) is 0 Å². The number of benzene rings is 1. The smallest absolute Gasteiger partial charge is 0.0377 e. The zero-order valence-corrected chi connectivity index (χ0v) is 14.3. The molecule has 21 heavy (non-hydrogen) atoms. The third-order valence-electron chi connectivity index (χ3n) is 4.78. The van der Waals surface area contributed by atoms with Gasteiger partial charge in [-0.25, -0.2) is 0 Å². The SMILES string of the molecule is Cl.Cl.c1ccc([C@H](C2CCCCC2)N2CCNCC2)cc1. The molecule has 1 aromatic rings. The second-order valence-corrected chi connectivity index (χ2v) is 6.04. The third-order valence-corrected chi connectivity index (χ3v) is 4.78. The molecule has 1 saturated heterocycles. The van der Waals surface area contributed by atoms with Crippen molar-refractivity contribution in [3.05, 3.63) is 35.9 Å². The van der Waals surface area contributed by atoms with E-state index in [2.05, 4.69) is 40.5 Å². The van der Waals surface area contributed by atoms with Gasteiger partial charge >= 0.3 is 0 Å². The van der Waals surface area contributed by atoms with Crippen LogP contribution in [0.5, 0.6) is 0 Å². The molecule has 0 aromatic heterocycles. The van der Waals surface area contributed by atoms with Gasteiger partial charge in [-0.3, -0.25) is 4.90 Å². The maximum absolute atomic E-state index is 3.48. The number of hydrogen-bond acceptors (Lipinski definition) is 2. The maximum Gasteiger partial charge on any atom is 0.0377 e. The van der Waals surface area contributed by atoms with Crippen molar-refractivity contribution < 1.29 is 0 Å². The Morgan fingerprint density at radius 2 is 1.52 bits per heavy atom. The van der Waals surface area contributed by atoms with E-state index in [4.69, 9.17) is 0 Å². The second-order valence-electron chi connectivity index (χ2n) is 6.04. The highest BCUT2D eigenvalue weighted by Gasteiger charge is 2.30. The van der Waals surface area contributed by atoms with Crippen LogP contribution in [0.4, 0.5) is 0 Å². The van der Waals surface area contributed by atoms with Crippen LogP contribution in [0.1, 0.15) is 43.7 Å². The van der Waals surface area contributed by atoms with Crippen molar-refractivity contribution in [2.75, 3.05) is 26.2 Å². The number of piperazine rings is 1. The highest BCUT2D eigenvalue weighted by atomic mass is 35.5. The zero-order chi connectivity index (χ0) is 12.9. The minimum atomic E-state index is 0. The first-order chi connectivity index (χ1) is 9.45. The number of nitrogens with zero attached hydrogens (tertiary/aromatic N) is 1. The largest absolute Gasteiger partial charge is 0.314 e. The van der Waals surface area contributed by atoms with Gasteiger partial charge in [0.1, 0.15) is 0 Å². The molecule has 1 heterocycles. The van der Waals surface area contributed by atoms with Crippen molar-refractivity contribution in [1.82, 2.24) is 10.2 Å². The molecule has 1 aliphatic heterocycles. The first kappa shape index (κ1) is 18.8. The monoisotopic (exact) mass is 330 g/mol. The molecule has 0 amide bonds. The molecule has 2 fully saturated rings. The molecular weight excluding hydrogens is 303 g/mol. The summed E-state index contributed by atoms with van der Waals surface area (Å²) in [5.41, 5.74) is 1.54. The number of rotatable bonds is 3. The molecule has 1 saturated carbocycles. The van der Waals surface area contributed by atoms with Gasteiger partial charge in [0.05, 0.1) is 0 Å². The van der Waals surface area contributed by atoms with Crippen LogP contribution >= 0.6 is 24.8 Å². The second kappa shape index (κ2) is 9.68. The lowest BCUT2D eigenvalue weighted by Crippen LogP contribution is -2.47. The highest BCUT2D eigenvalue weighted by molar-refractivity contribution is 5.85. The Hall–Kier alpha value is -0.280. The minimum Gasteiger partial charge on any atom is -0.314 e. The fourth-order valence-corrected chi connectivity index (χ4v) is 3.84. The van der Waals surface area contributed by atoms with Crippen LogP contribution in [0.2, 0.25) is 0 Å². The minimum absolute atomic E-state index is 0. The highest BCUT2D eigenvalue weighted by Crippen LogP contribution is 2.38. The molecule has 0 bridgehead atoms. The van der Waals surface area contributed by atoms with E-state index in [1.807, 2.05) is 0 Å². The van der Waals surface area contributed by atoms with Gasteiger partial charge in [0.15, 0.2) is 0 Å². The summed E-state index contributed by atoms with van der Waals surface area (Å²) < 4.78 is 0.